The molecule has 0 saturated carbocycles. The quantitative estimate of drug-likeness (QED) is 0.610. The van der Waals surface area contributed by atoms with E-state index in [1.807, 2.05) is 0 Å². The summed E-state index contributed by atoms with van der Waals surface area (Å²) in [6.45, 7) is 4.41. The second-order valence-corrected chi connectivity index (χ2v) is 5.79. The number of nitrogens with one attached hydrogen (secondary N) is 1. The van der Waals surface area contributed by atoms with Crippen LogP contribution in [0.15, 0.2) is 24.3 Å². The van der Waals surface area contributed by atoms with Crippen LogP contribution in [-0.4, -0.2) is 55.6 Å². The predicted molar refractivity (Wildman–Crippen MR) is 86.5 cm³/mol. The van der Waals surface area contributed by atoms with Crippen molar-refractivity contribution in [3.63, 3.8) is 0 Å². The molecular weight excluding hydrogens is 298 g/mol. The van der Waals surface area contributed by atoms with Crippen LogP contribution < -0.4 is 5.32 Å². The standard InChI is InChI=1S/C16H23N3O4/c1-23-11-10-18-8-6-13(7-9-18)12-17-16(20)14-2-4-15(5-3-14)19(21)22/h2-5,13H,6-12H2,1H3,(H,17,20). The number of non-ortho nitro benzene ring substituents is 1. The lowest BCUT2D eigenvalue weighted by atomic mass is 9.96. The molecule has 1 aromatic rings. The molecule has 0 aliphatic carbocycles. The van der Waals surface area contributed by atoms with Gasteiger partial charge in [-0.25, -0.2) is 0 Å². The molecule has 7 heteroatoms. The number of methoxy groups -OCH3 is 1. The Hall–Kier alpha value is -1.99. The third kappa shape index (κ3) is 5.30. The van der Waals surface area contributed by atoms with Gasteiger partial charge in [0.1, 0.15) is 0 Å². The Morgan fingerprint density at radius 1 is 1.35 bits per heavy atom. The summed E-state index contributed by atoms with van der Waals surface area (Å²) in [6.07, 6.45) is 2.12. The van der Waals surface area contributed by atoms with Gasteiger partial charge in [0.2, 0.25) is 0 Å². The number of amides is 1. The van der Waals surface area contributed by atoms with Gasteiger partial charge in [-0.3, -0.25) is 14.9 Å². The predicted octanol–water partition coefficient (Wildman–Crippen LogP) is 1.68. The highest BCUT2D eigenvalue weighted by molar-refractivity contribution is 5.94. The van der Waals surface area contributed by atoms with E-state index >= 15 is 0 Å². The minimum atomic E-state index is -0.473. The molecule has 1 saturated heterocycles. The second-order valence-electron chi connectivity index (χ2n) is 5.79. The van der Waals surface area contributed by atoms with E-state index in [2.05, 4.69) is 10.2 Å². The minimum absolute atomic E-state index is 0.00928. The Morgan fingerprint density at radius 3 is 2.57 bits per heavy atom. The van der Waals surface area contributed by atoms with Crippen molar-refractivity contribution in [3.8, 4) is 0 Å². The first-order valence-corrected chi connectivity index (χ1v) is 7.84. The maximum Gasteiger partial charge on any atom is 0.269 e. The summed E-state index contributed by atoms with van der Waals surface area (Å²) >= 11 is 0. The van der Waals surface area contributed by atoms with E-state index in [9.17, 15) is 14.9 Å². The van der Waals surface area contributed by atoms with E-state index in [0.29, 0.717) is 18.0 Å². The summed E-state index contributed by atoms with van der Waals surface area (Å²) in [7, 11) is 1.71. The van der Waals surface area contributed by atoms with Gasteiger partial charge in [0.05, 0.1) is 11.5 Å². The molecule has 0 bridgehead atoms. The van der Waals surface area contributed by atoms with Crippen molar-refractivity contribution in [1.29, 1.82) is 0 Å². The second kappa shape index (κ2) is 8.59. The molecule has 1 amide bonds. The van der Waals surface area contributed by atoms with Crippen LogP contribution in [0.25, 0.3) is 0 Å². The molecule has 2 rings (SSSR count). The van der Waals surface area contributed by atoms with Crippen LogP contribution >= 0.6 is 0 Å². The van der Waals surface area contributed by atoms with Crippen molar-refractivity contribution in [2.24, 2.45) is 5.92 Å². The maximum absolute atomic E-state index is 12.1. The number of rotatable bonds is 7. The Labute approximate surface area is 135 Å². The van der Waals surface area contributed by atoms with E-state index in [-0.39, 0.29) is 11.6 Å². The zero-order valence-electron chi connectivity index (χ0n) is 13.4. The highest BCUT2D eigenvalue weighted by Crippen LogP contribution is 2.16. The summed E-state index contributed by atoms with van der Waals surface area (Å²) < 4.78 is 5.08. The first kappa shape index (κ1) is 17.4. The lowest BCUT2D eigenvalue weighted by Gasteiger charge is -2.31. The van der Waals surface area contributed by atoms with E-state index < -0.39 is 4.92 Å². The first-order chi connectivity index (χ1) is 11.1. The van der Waals surface area contributed by atoms with Gasteiger partial charge in [-0.2, -0.15) is 0 Å². The number of hydrogen-bond donors (Lipinski definition) is 1. The highest BCUT2D eigenvalue weighted by atomic mass is 16.6. The van der Waals surface area contributed by atoms with Gasteiger partial charge in [0.15, 0.2) is 0 Å². The van der Waals surface area contributed by atoms with Crippen LogP contribution in [-0.2, 0) is 4.74 Å². The molecule has 0 atom stereocenters. The molecule has 1 aliphatic rings. The summed E-state index contributed by atoms with van der Waals surface area (Å²) in [6, 6.07) is 5.67. The zero-order valence-corrected chi connectivity index (χ0v) is 13.4. The molecule has 0 radical (unpaired) electrons. The van der Waals surface area contributed by atoms with Crippen molar-refractivity contribution in [3.05, 3.63) is 39.9 Å². The fourth-order valence-corrected chi connectivity index (χ4v) is 2.71. The summed E-state index contributed by atoms with van der Waals surface area (Å²) in [5.41, 5.74) is 0.443. The van der Waals surface area contributed by atoms with E-state index in [1.54, 1.807) is 7.11 Å². The lowest BCUT2D eigenvalue weighted by molar-refractivity contribution is -0.384. The smallest absolute Gasteiger partial charge is 0.269 e. The maximum atomic E-state index is 12.1. The number of piperidine rings is 1. The van der Waals surface area contributed by atoms with Crippen LogP contribution in [0.2, 0.25) is 0 Å². The summed E-state index contributed by atoms with van der Waals surface area (Å²) in [4.78, 5) is 24.6. The zero-order chi connectivity index (χ0) is 16.7. The third-order valence-corrected chi connectivity index (χ3v) is 4.21. The fraction of sp³-hybridized carbons (Fsp3) is 0.562. The molecule has 1 fully saturated rings. The van der Waals surface area contributed by atoms with Gasteiger partial charge in [0.25, 0.3) is 11.6 Å². The van der Waals surface area contributed by atoms with Gasteiger partial charge in [-0.15, -0.1) is 0 Å². The molecule has 1 N–H and O–H groups in total. The lowest BCUT2D eigenvalue weighted by Crippen LogP contribution is -2.39. The molecule has 0 aromatic heterocycles. The number of nitrogens with zero attached hydrogens (tertiary/aromatic N) is 2. The Morgan fingerprint density at radius 2 is 2.00 bits per heavy atom. The number of nitro groups is 1. The van der Waals surface area contributed by atoms with Crippen LogP contribution in [0.1, 0.15) is 23.2 Å². The van der Waals surface area contributed by atoms with Crippen LogP contribution in [0.4, 0.5) is 5.69 Å². The highest BCUT2D eigenvalue weighted by Gasteiger charge is 2.19. The number of ether oxygens (including phenoxy) is 1. The van der Waals surface area contributed by atoms with Gasteiger partial charge in [-0.05, 0) is 44.0 Å². The molecule has 23 heavy (non-hydrogen) atoms. The van der Waals surface area contributed by atoms with Crippen LogP contribution in [0.5, 0.6) is 0 Å². The minimum Gasteiger partial charge on any atom is -0.383 e. The first-order valence-electron chi connectivity index (χ1n) is 7.84. The van der Waals surface area contributed by atoms with Gasteiger partial charge < -0.3 is 15.0 Å². The largest absolute Gasteiger partial charge is 0.383 e. The molecule has 1 aliphatic heterocycles. The van der Waals surface area contributed by atoms with E-state index in [4.69, 9.17) is 4.74 Å². The molecule has 7 nitrogen and oxygen atoms in total. The normalized spacial score (nSPS) is 16.2. The van der Waals surface area contributed by atoms with Crippen LogP contribution in [0.3, 0.4) is 0 Å². The van der Waals surface area contributed by atoms with Crippen molar-refractivity contribution in [1.82, 2.24) is 10.2 Å². The van der Waals surface area contributed by atoms with E-state index in [1.165, 1.54) is 24.3 Å². The number of benzene rings is 1. The van der Waals surface area contributed by atoms with Gasteiger partial charge >= 0.3 is 0 Å². The van der Waals surface area contributed by atoms with Gasteiger partial charge in [0, 0.05) is 37.9 Å². The van der Waals surface area contributed by atoms with Gasteiger partial charge in [-0.1, -0.05) is 0 Å². The molecule has 0 spiro atoms. The number of nitro benzene ring substituents is 1. The molecule has 126 valence electrons. The molecule has 0 unspecified atom stereocenters. The van der Waals surface area contributed by atoms with Crippen molar-refractivity contribution in [2.45, 2.75) is 12.8 Å². The summed E-state index contributed by atoms with van der Waals surface area (Å²) in [5, 5.41) is 13.5. The van der Waals surface area contributed by atoms with Crippen molar-refractivity contribution in [2.75, 3.05) is 39.9 Å². The van der Waals surface area contributed by atoms with E-state index in [0.717, 1.165) is 39.1 Å². The Kier molecular flexibility index (Phi) is 6.49. The van der Waals surface area contributed by atoms with Crippen molar-refractivity contribution >= 4 is 11.6 Å². The molecule has 1 heterocycles. The monoisotopic (exact) mass is 321 g/mol. The topological polar surface area (TPSA) is 84.7 Å². The molecular formula is C16H23N3O4. The Bertz CT molecular complexity index is 525. The molecule has 1 aromatic carbocycles. The third-order valence-electron chi connectivity index (χ3n) is 4.21. The SMILES string of the molecule is COCCN1CCC(CNC(=O)c2ccc([N+](=O)[O-])cc2)CC1. The number of likely N-dealkylation sites (tertiary alicyclic amines) is 1. The average Bonchev–Trinajstić information content (AvgIpc) is 2.58. The number of carbonyl (C=O) groups is 1. The average molecular weight is 321 g/mol. The van der Waals surface area contributed by atoms with Crippen LogP contribution in [0, 0.1) is 16.0 Å². The Balaban J connectivity index is 1.73. The fourth-order valence-electron chi connectivity index (χ4n) is 2.71. The van der Waals surface area contributed by atoms with Crippen molar-refractivity contribution < 1.29 is 14.5 Å². The number of carbonyl (C=O) groups excluding carboxylic acids is 1. The summed E-state index contributed by atoms with van der Waals surface area (Å²) in [5.74, 6) is 0.303. The number of hydrogen-bond acceptors (Lipinski definition) is 5.